The van der Waals surface area contributed by atoms with Gasteiger partial charge in [0.2, 0.25) is 0 Å². The van der Waals surface area contributed by atoms with Crippen LogP contribution in [0.1, 0.15) is 13.3 Å². The minimum Gasteiger partial charge on any atom is -0.480 e. The van der Waals surface area contributed by atoms with Crippen molar-refractivity contribution < 1.29 is 9.90 Å². The standard InChI is InChI=1S/C11H18N2O2/c1-7(11(14)15)12-5-10(6-12)13-3-8-2-9(8)4-13/h7-10H,2-6H2,1H3,(H,14,15). The van der Waals surface area contributed by atoms with Gasteiger partial charge in [0.15, 0.2) is 0 Å². The van der Waals surface area contributed by atoms with Crippen LogP contribution >= 0.6 is 0 Å². The van der Waals surface area contributed by atoms with Gasteiger partial charge in [-0.1, -0.05) is 0 Å². The molecule has 15 heavy (non-hydrogen) atoms. The van der Waals surface area contributed by atoms with E-state index in [2.05, 4.69) is 9.80 Å². The predicted octanol–water partition coefficient (Wildman–Crippen LogP) is 0.0954. The van der Waals surface area contributed by atoms with Gasteiger partial charge in [-0.05, 0) is 25.2 Å². The zero-order valence-electron chi connectivity index (χ0n) is 9.09. The summed E-state index contributed by atoms with van der Waals surface area (Å²) in [6, 6.07) is 0.331. The first-order valence-electron chi connectivity index (χ1n) is 5.86. The second kappa shape index (κ2) is 3.19. The fourth-order valence-corrected chi connectivity index (χ4v) is 2.92. The quantitative estimate of drug-likeness (QED) is 0.717. The fourth-order valence-electron chi connectivity index (χ4n) is 2.92. The molecule has 1 saturated carbocycles. The molecule has 84 valence electrons. The molecule has 3 rings (SSSR count). The first-order chi connectivity index (χ1) is 7.15. The van der Waals surface area contributed by atoms with Gasteiger partial charge >= 0.3 is 5.97 Å². The van der Waals surface area contributed by atoms with Gasteiger partial charge in [0, 0.05) is 32.2 Å². The first-order valence-corrected chi connectivity index (χ1v) is 5.86. The maximum atomic E-state index is 10.8. The van der Waals surface area contributed by atoms with Gasteiger partial charge in [0.05, 0.1) is 0 Å². The minimum atomic E-state index is -0.697. The van der Waals surface area contributed by atoms with Crippen molar-refractivity contribution in [2.75, 3.05) is 26.2 Å². The molecular formula is C11H18N2O2. The smallest absolute Gasteiger partial charge is 0.320 e. The Hall–Kier alpha value is -0.610. The Morgan fingerprint density at radius 2 is 1.87 bits per heavy atom. The lowest BCUT2D eigenvalue weighted by Crippen LogP contribution is -2.62. The maximum absolute atomic E-state index is 10.8. The van der Waals surface area contributed by atoms with Crippen molar-refractivity contribution in [2.45, 2.75) is 25.4 Å². The summed E-state index contributed by atoms with van der Waals surface area (Å²) in [7, 11) is 0. The summed E-state index contributed by atoms with van der Waals surface area (Å²) in [5.74, 6) is 1.27. The van der Waals surface area contributed by atoms with Crippen molar-refractivity contribution in [3.8, 4) is 0 Å². The van der Waals surface area contributed by atoms with Crippen LogP contribution in [-0.4, -0.2) is 59.1 Å². The zero-order chi connectivity index (χ0) is 10.6. The highest BCUT2D eigenvalue weighted by molar-refractivity contribution is 5.73. The summed E-state index contributed by atoms with van der Waals surface area (Å²) in [5.41, 5.74) is 0. The monoisotopic (exact) mass is 210 g/mol. The Bertz CT molecular complexity index is 278. The van der Waals surface area contributed by atoms with Crippen LogP contribution in [0.5, 0.6) is 0 Å². The number of carboxylic acids is 1. The van der Waals surface area contributed by atoms with Gasteiger partial charge in [-0.2, -0.15) is 0 Å². The maximum Gasteiger partial charge on any atom is 0.320 e. The first kappa shape index (κ1) is 9.60. The molecule has 0 radical (unpaired) electrons. The number of likely N-dealkylation sites (tertiary alicyclic amines) is 2. The molecule has 4 nitrogen and oxygen atoms in total. The van der Waals surface area contributed by atoms with Gasteiger partial charge in [0.25, 0.3) is 0 Å². The minimum absolute atomic E-state index is 0.307. The van der Waals surface area contributed by atoms with Crippen molar-refractivity contribution >= 4 is 5.97 Å². The Kier molecular flexibility index (Phi) is 2.04. The molecule has 3 aliphatic rings. The van der Waals surface area contributed by atoms with Crippen molar-refractivity contribution in [3.05, 3.63) is 0 Å². The summed E-state index contributed by atoms with van der Waals surface area (Å²) in [6.45, 7) is 6.22. The van der Waals surface area contributed by atoms with Crippen LogP contribution in [0, 0.1) is 11.8 Å². The topological polar surface area (TPSA) is 43.8 Å². The molecule has 3 fully saturated rings. The average Bonchev–Trinajstić information content (AvgIpc) is 2.71. The molecule has 1 N–H and O–H groups in total. The summed E-state index contributed by atoms with van der Waals surface area (Å²) in [4.78, 5) is 15.4. The SMILES string of the molecule is CC(C(=O)O)N1CC(N2CC3CC3C2)C1. The molecule has 2 saturated heterocycles. The van der Waals surface area contributed by atoms with E-state index in [9.17, 15) is 4.79 Å². The van der Waals surface area contributed by atoms with Gasteiger partial charge in [0.1, 0.15) is 6.04 Å². The Balaban J connectivity index is 1.47. The molecule has 0 aromatic rings. The van der Waals surface area contributed by atoms with E-state index in [1.807, 2.05) is 0 Å². The molecule has 0 bridgehead atoms. The number of aliphatic carboxylic acids is 1. The predicted molar refractivity (Wildman–Crippen MR) is 55.6 cm³/mol. The van der Waals surface area contributed by atoms with E-state index in [1.165, 1.54) is 19.5 Å². The van der Waals surface area contributed by atoms with E-state index in [0.717, 1.165) is 24.9 Å². The van der Waals surface area contributed by atoms with Gasteiger partial charge in [-0.15, -0.1) is 0 Å². The van der Waals surface area contributed by atoms with Crippen molar-refractivity contribution in [1.82, 2.24) is 9.80 Å². The van der Waals surface area contributed by atoms with Crippen molar-refractivity contribution in [2.24, 2.45) is 11.8 Å². The summed E-state index contributed by atoms with van der Waals surface area (Å²) in [5, 5.41) is 8.86. The van der Waals surface area contributed by atoms with E-state index in [4.69, 9.17) is 5.11 Å². The number of nitrogens with zero attached hydrogens (tertiary/aromatic N) is 2. The lowest BCUT2D eigenvalue weighted by atomic mass is 10.0. The lowest BCUT2D eigenvalue weighted by Gasteiger charge is -2.46. The van der Waals surface area contributed by atoms with Gasteiger partial charge < -0.3 is 5.11 Å². The van der Waals surface area contributed by atoms with Crippen LogP contribution in [0.4, 0.5) is 0 Å². The van der Waals surface area contributed by atoms with E-state index in [-0.39, 0.29) is 6.04 Å². The highest BCUT2D eigenvalue weighted by Gasteiger charge is 2.49. The molecular weight excluding hydrogens is 192 g/mol. The number of hydrogen-bond donors (Lipinski definition) is 1. The number of rotatable bonds is 3. The molecule has 0 aromatic heterocycles. The number of carboxylic acid groups (broad SMARTS) is 1. The molecule has 0 spiro atoms. The largest absolute Gasteiger partial charge is 0.480 e. The third-order valence-electron chi connectivity index (χ3n) is 4.32. The molecule has 1 aliphatic carbocycles. The van der Waals surface area contributed by atoms with Crippen LogP contribution in [0.15, 0.2) is 0 Å². The number of carbonyl (C=O) groups is 1. The molecule has 3 unspecified atom stereocenters. The molecule has 0 amide bonds. The number of piperidine rings is 1. The highest BCUT2D eigenvalue weighted by atomic mass is 16.4. The Morgan fingerprint density at radius 1 is 1.27 bits per heavy atom. The van der Waals surface area contributed by atoms with Crippen LogP contribution in [0.2, 0.25) is 0 Å². The van der Waals surface area contributed by atoms with Crippen LogP contribution < -0.4 is 0 Å². The lowest BCUT2D eigenvalue weighted by molar-refractivity contribution is -0.145. The second-order valence-corrected chi connectivity index (χ2v) is 5.33. The number of fused-ring (bicyclic) bond motifs is 1. The summed E-state index contributed by atoms with van der Waals surface area (Å²) < 4.78 is 0. The molecule has 2 aliphatic heterocycles. The normalized spacial score (nSPS) is 38.5. The Morgan fingerprint density at radius 3 is 2.40 bits per heavy atom. The van der Waals surface area contributed by atoms with Crippen molar-refractivity contribution in [3.63, 3.8) is 0 Å². The highest BCUT2D eigenvalue weighted by Crippen LogP contribution is 2.46. The Labute approximate surface area is 89.8 Å². The van der Waals surface area contributed by atoms with Crippen LogP contribution in [0.25, 0.3) is 0 Å². The zero-order valence-corrected chi connectivity index (χ0v) is 9.09. The molecule has 0 aromatic carbocycles. The van der Waals surface area contributed by atoms with E-state index in [0.29, 0.717) is 6.04 Å². The number of hydrogen-bond acceptors (Lipinski definition) is 3. The van der Waals surface area contributed by atoms with E-state index in [1.54, 1.807) is 6.92 Å². The van der Waals surface area contributed by atoms with E-state index < -0.39 is 5.97 Å². The van der Waals surface area contributed by atoms with Gasteiger partial charge in [-0.25, -0.2) is 0 Å². The molecule has 3 atom stereocenters. The third-order valence-corrected chi connectivity index (χ3v) is 4.32. The summed E-state index contributed by atoms with van der Waals surface area (Å²) >= 11 is 0. The fraction of sp³-hybridized carbons (Fsp3) is 0.909. The second-order valence-electron chi connectivity index (χ2n) is 5.33. The third kappa shape index (κ3) is 1.56. The van der Waals surface area contributed by atoms with Crippen molar-refractivity contribution in [1.29, 1.82) is 0 Å². The van der Waals surface area contributed by atoms with E-state index >= 15 is 0 Å². The molecule has 4 heteroatoms. The van der Waals surface area contributed by atoms with Crippen LogP contribution in [-0.2, 0) is 4.79 Å². The van der Waals surface area contributed by atoms with Gasteiger partial charge in [-0.3, -0.25) is 14.6 Å². The molecule has 2 heterocycles. The average molecular weight is 210 g/mol. The summed E-state index contributed by atoms with van der Waals surface area (Å²) in [6.07, 6.45) is 1.44. The van der Waals surface area contributed by atoms with Crippen LogP contribution in [0.3, 0.4) is 0 Å².